The minimum Gasteiger partial charge on any atom is -0.493 e. The second kappa shape index (κ2) is 9.92. The third-order valence-electron chi connectivity index (χ3n) is 4.21. The van der Waals surface area contributed by atoms with E-state index in [4.69, 9.17) is 14.2 Å². The normalized spacial score (nSPS) is 11.2. The number of nitrogens with one attached hydrogen (secondary N) is 1. The lowest BCUT2D eigenvalue weighted by Crippen LogP contribution is -2.23. The maximum Gasteiger partial charge on any atom is 0.242 e. The van der Waals surface area contributed by atoms with E-state index >= 15 is 0 Å². The molecule has 1 heterocycles. The second-order valence-corrected chi connectivity index (χ2v) is 8.81. The molecule has 0 amide bonds. The van der Waals surface area contributed by atoms with Crippen LogP contribution in [-0.4, -0.2) is 27.6 Å². The van der Waals surface area contributed by atoms with Gasteiger partial charge in [0.1, 0.15) is 17.3 Å². The molecule has 0 unspecified atom stereocenters. The van der Waals surface area contributed by atoms with E-state index in [9.17, 15) is 8.42 Å². The van der Waals surface area contributed by atoms with Crippen LogP contribution in [0.5, 0.6) is 17.2 Å². The number of rotatable bonds is 9. The fourth-order valence-corrected chi connectivity index (χ4v) is 4.74. The summed E-state index contributed by atoms with van der Waals surface area (Å²) in [6, 6.07) is 15.8. The number of ether oxygens (including phenoxy) is 3. The van der Waals surface area contributed by atoms with E-state index in [1.165, 1.54) is 20.3 Å². The van der Waals surface area contributed by atoms with Gasteiger partial charge in [0, 0.05) is 23.3 Å². The Labute approximate surface area is 184 Å². The molecule has 0 aliphatic heterocycles. The highest BCUT2D eigenvalue weighted by molar-refractivity contribution is 9.10. The Kier molecular flexibility index (Phi) is 7.30. The average Bonchev–Trinajstić information content (AvgIpc) is 2.77. The average molecular weight is 493 g/mol. The van der Waals surface area contributed by atoms with Crippen molar-refractivity contribution in [2.24, 2.45) is 0 Å². The van der Waals surface area contributed by atoms with Crippen LogP contribution >= 0.6 is 15.9 Å². The van der Waals surface area contributed by atoms with Crippen molar-refractivity contribution in [1.82, 2.24) is 9.71 Å². The molecule has 1 N–H and O–H groups in total. The largest absolute Gasteiger partial charge is 0.493 e. The molecule has 0 fully saturated rings. The van der Waals surface area contributed by atoms with Gasteiger partial charge < -0.3 is 14.2 Å². The first-order valence-electron chi connectivity index (χ1n) is 8.96. The molecule has 0 spiro atoms. The van der Waals surface area contributed by atoms with Crippen molar-refractivity contribution >= 4 is 26.0 Å². The molecule has 0 atom stereocenters. The number of hydrogen-bond acceptors (Lipinski definition) is 6. The second-order valence-electron chi connectivity index (χ2n) is 6.22. The summed E-state index contributed by atoms with van der Waals surface area (Å²) >= 11 is 3.29. The number of sulfonamides is 1. The van der Waals surface area contributed by atoms with E-state index in [1.54, 1.807) is 18.3 Å². The summed E-state index contributed by atoms with van der Waals surface area (Å²) in [7, 11) is -0.862. The zero-order chi connectivity index (χ0) is 21.6. The molecule has 2 aromatic carbocycles. The zero-order valence-corrected chi connectivity index (χ0v) is 18.9. The Morgan fingerprint density at radius 2 is 1.77 bits per heavy atom. The minimum absolute atomic E-state index is 0.0581. The molecule has 0 aliphatic carbocycles. The molecule has 0 saturated heterocycles. The van der Waals surface area contributed by atoms with Crippen LogP contribution in [0.3, 0.4) is 0 Å². The summed E-state index contributed by atoms with van der Waals surface area (Å²) in [5, 5.41) is 0. The molecule has 3 aromatic rings. The summed E-state index contributed by atoms with van der Waals surface area (Å²) in [6.45, 7) is 0.429. The number of aromatic nitrogens is 1. The van der Waals surface area contributed by atoms with Gasteiger partial charge in [-0.05, 0) is 51.8 Å². The van der Waals surface area contributed by atoms with Crippen LogP contribution in [0, 0.1) is 0 Å². The summed E-state index contributed by atoms with van der Waals surface area (Å²) in [4.78, 5) is 4.27. The topological polar surface area (TPSA) is 86.8 Å². The third-order valence-corrected chi connectivity index (χ3v) is 6.56. The highest BCUT2D eigenvalue weighted by Gasteiger charge is 2.21. The van der Waals surface area contributed by atoms with Crippen molar-refractivity contribution in [2.45, 2.75) is 18.0 Å². The molecule has 3 rings (SSSR count). The molecule has 158 valence electrons. The van der Waals surface area contributed by atoms with Gasteiger partial charge >= 0.3 is 0 Å². The Morgan fingerprint density at radius 3 is 2.47 bits per heavy atom. The molecule has 7 nitrogen and oxygen atoms in total. The molecular formula is C21H21BrN2O5S. The standard InChI is InChI=1S/C21H21BrN2O5S/c1-27-19-11-18(22)21(12-20(19)28-2)30(25,26)24-13-15-6-5-8-17(10-15)29-14-16-7-3-4-9-23-16/h3-12,24H,13-14H2,1-2H3. The van der Waals surface area contributed by atoms with Gasteiger partial charge in [-0.1, -0.05) is 18.2 Å². The van der Waals surface area contributed by atoms with E-state index in [0.717, 1.165) is 11.3 Å². The van der Waals surface area contributed by atoms with Gasteiger partial charge in [0.25, 0.3) is 0 Å². The SMILES string of the molecule is COc1cc(Br)c(S(=O)(=O)NCc2cccc(OCc3ccccn3)c2)cc1OC. The maximum absolute atomic E-state index is 12.8. The fraction of sp³-hybridized carbons (Fsp3) is 0.190. The number of benzene rings is 2. The summed E-state index contributed by atoms with van der Waals surface area (Å²) < 4.78 is 44.8. The lowest BCUT2D eigenvalue weighted by molar-refractivity contribution is 0.301. The fourth-order valence-electron chi connectivity index (χ4n) is 2.68. The Bertz CT molecular complexity index is 1110. The zero-order valence-electron chi connectivity index (χ0n) is 16.5. The van der Waals surface area contributed by atoms with E-state index in [-0.39, 0.29) is 11.4 Å². The molecule has 0 bridgehead atoms. The Hall–Kier alpha value is -2.62. The van der Waals surface area contributed by atoms with Crippen LogP contribution in [0.25, 0.3) is 0 Å². The first kappa shape index (κ1) is 22.1. The van der Waals surface area contributed by atoms with Gasteiger partial charge in [0.15, 0.2) is 11.5 Å². The van der Waals surface area contributed by atoms with Crippen molar-refractivity contribution in [2.75, 3.05) is 14.2 Å². The van der Waals surface area contributed by atoms with E-state index in [0.29, 0.717) is 28.3 Å². The van der Waals surface area contributed by atoms with E-state index < -0.39 is 10.0 Å². The molecule has 0 radical (unpaired) electrons. The van der Waals surface area contributed by atoms with Crippen molar-refractivity contribution in [3.63, 3.8) is 0 Å². The maximum atomic E-state index is 12.8. The quantitative estimate of drug-likeness (QED) is 0.487. The van der Waals surface area contributed by atoms with Crippen LogP contribution in [0.2, 0.25) is 0 Å². The van der Waals surface area contributed by atoms with Crippen molar-refractivity contribution in [1.29, 1.82) is 0 Å². The number of methoxy groups -OCH3 is 2. The van der Waals surface area contributed by atoms with Crippen LogP contribution in [0.1, 0.15) is 11.3 Å². The molecule has 0 aliphatic rings. The van der Waals surface area contributed by atoms with Crippen molar-refractivity contribution < 1.29 is 22.6 Å². The molecular weight excluding hydrogens is 472 g/mol. The van der Waals surface area contributed by atoms with Gasteiger partial charge in [-0.25, -0.2) is 13.1 Å². The predicted octanol–water partition coefficient (Wildman–Crippen LogP) is 3.92. The Morgan fingerprint density at radius 1 is 1.00 bits per heavy atom. The van der Waals surface area contributed by atoms with E-state index in [1.807, 2.05) is 36.4 Å². The first-order chi connectivity index (χ1) is 14.4. The van der Waals surface area contributed by atoms with Crippen LogP contribution < -0.4 is 18.9 Å². The minimum atomic E-state index is -3.80. The Balaban J connectivity index is 1.70. The van der Waals surface area contributed by atoms with Gasteiger partial charge in [0.05, 0.1) is 19.9 Å². The first-order valence-corrected chi connectivity index (χ1v) is 11.2. The van der Waals surface area contributed by atoms with Gasteiger partial charge in [0.2, 0.25) is 10.0 Å². The number of pyridine rings is 1. The monoisotopic (exact) mass is 492 g/mol. The molecule has 9 heteroatoms. The van der Waals surface area contributed by atoms with Crippen molar-refractivity contribution in [3.05, 3.63) is 76.5 Å². The van der Waals surface area contributed by atoms with Crippen LogP contribution in [0.4, 0.5) is 0 Å². The molecule has 30 heavy (non-hydrogen) atoms. The number of halogens is 1. The number of nitrogens with zero attached hydrogens (tertiary/aromatic N) is 1. The highest BCUT2D eigenvalue weighted by Crippen LogP contribution is 2.35. The lowest BCUT2D eigenvalue weighted by atomic mass is 10.2. The highest BCUT2D eigenvalue weighted by atomic mass is 79.9. The third kappa shape index (κ3) is 5.50. The van der Waals surface area contributed by atoms with Gasteiger partial charge in [-0.2, -0.15) is 0 Å². The summed E-state index contributed by atoms with van der Waals surface area (Å²) in [5.74, 6) is 1.39. The van der Waals surface area contributed by atoms with Gasteiger partial charge in [-0.3, -0.25) is 4.98 Å². The van der Waals surface area contributed by atoms with E-state index in [2.05, 4.69) is 25.6 Å². The summed E-state index contributed by atoms with van der Waals surface area (Å²) in [5.41, 5.74) is 1.57. The predicted molar refractivity (Wildman–Crippen MR) is 116 cm³/mol. The smallest absolute Gasteiger partial charge is 0.242 e. The molecule has 1 aromatic heterocycles. The number of hydrogen-bond donors (Lipinski definition) is 1. The van der Waals surface area contributed by atoms with Crippen LogP contribution in [0.15, 0.2) is 70.2 Å². The summed E-state index contributed by atoms with van der Waals surface area (Å²) in [6.07, 6.45) is 1.70. The van der Waals surface area contributed by atoms with Crippen LogP contribution in [-0.2, 0) is 23.2 Å². The van der Waals surface area contributed by atoms with Crippen molar-refractivity contribution in [3.8, 4) is 17.2 Å². The lowest BCUT2D eigenvalue weighted by Gasteiger charge is -2.13. The van der Waals surface area contributed by atoms with Gasteiger partial charge in [-0.15, -0.1) is 0 Å². The molecule has 0 saturated carbocycles.